The Morgan fingerprint density at radius 1 is 1.43 bits per heavy atom. The van der Waals surface area contributed by atoms with E-state index in [1.807, 2.05) is 0 Å². The van der Waals surface area contributed by atoms with Gasteiger partial charge in [0.15, 0.2) is 16.4 Å². The van der Waals surface area contributed by atoms with Gasteiger partial charge in [0.2, 0.25) is 0 Å². The molecule has 1 amide bonds. The molecule has 6 nitrogen and oxygen atoms in total. The quantitative estimate of drug-likeness (QED) is 0.670. The summed E-state index contributed by atoms with van der Waals surface area (Å²) in [5.41, 5.74) is 0. The van der Waals surface area contributed by atoms with Gasteiger partial charge in [0.05, 0.1) is 0 Å². The van der Waals surface area contributed by atoms with Crippen LogP contribution in [0.5, 0.6) is 0 Å². The summed E-state index contributed by atoms with van der Waals surface area (Å²) in [7, 11) is 0. The molecule has 1 aliphatic rings. The lowest BCUT2D eigenvalue weighted by atomic mass is 10.3. The second-order valence-electron chi connectivity index (χ2n) is 2.30. The Hall–Kier alpha value is -1.27. The van der Waals surface area contributed by atoms with Gasteiger partial charge in [-0.05, 0) is 0 Å². The van der Waals surface area contributed by atoms with Crippen LogP contribution in [-0.4, -0.2) is 39.4 Å². The summed E-state index contributed by atoms with van der Waals surface area (Å²) in [4.78, 5) is 25.1. The first-order chi connectivity index (χ1) is 6.45. The van der Waals surface area contributed by atoms with Crippen LogP contribution in [0.15, 0.2) is 15.3 Å². The average Bonchev–Trinajstić information content (AvgIpc) is 2.08. The van der Waals surface area contributed by atoms with E-state index in [1.54, 1.807) is 0 Å². The van der Waals surface area contributed by atoms with Crippen molar-refractivity contribution in [3.8, 4) is 0 Å². The van der Waals surface area contributed by atoms with Crippen LogP contribution in [0.4, 0.5) is 4.79 Å². The lowest BCUT2D eigenvalue weighted by Gasteiger charge is -2.25. The summed E-state index contributed by atoms with van der Waals surface area (Å²) >= 11 is 10.9. The Morgan fingerprint density at radius 3 is 2.43 bits per heavy atom. The molecule has 0 aromatic heterocycles. The Balaban J connectivity index is 3.11. The normalized spacial score (nSPS) is 21.3. The lowest BCUT2D eigenvalue weighted by molar-refractivity contribution is -0.139. The number of hydrogen-bond donors (Lipinski definition) is 2. The van der Waals surface area contributed by atoms with Crippen molar-refractivity contribution < 1.29 is 19.8 Å². The number of hydrogen-bond acceptors (Lipinski definition) is 3. The summed E-state index contributed by atoms with van der Waals surface area (Å²) < 4.78 is 0. The van der Waals surface area contributed by atoms with Gasteiger partial charge in [-0.3, -0.25) is 0 Å². The van der Waals surface area contributed by atoms with Gasteiger partial charge >= 0.3 is 12.1 Å². The van der Waals surface area contributed by atoms with E-state index in [-0.39, 0.29) is 5.16 Å². The average molecular weight is 239 g/mol. The fourth-order valence-corrected chi connectivity index (χ4v) is 1.23. The van der Waals surface area contributed by atoms with Crippen molar-refractivity contribution in [2.45, 2.75) is 6.04 Å². The minimum atomic E-state index is -1.51. The van der Waals surface area contributed by atoms with Gasteiger partial charge < -0.3 is 10.2 Å². The molecule has 0 aromatic carbocycles. The third kappa shape index (κ3) is 1.80. The molecule has 2 N–H and O–H groups in total. The van der Waals surface area contributed by atoms with Crippen LogP contribution in [0.1, 0.15) is 0 Å². The SMILES string of the molecule is O=C(O)C1C=NC(Cl)=C(Cl)N1C(=O)O. The van der Waals surface area contributed by atoms with Gasteiger partial charge in [0.1, 0.15) is 0 Å². The number of aliphatic imine (C=N–C) groups is 1. The fourth-order valence-electron chi connectivity index (χ4n) is 0.855. The molecule has 76 valence electrons. The summed E-state index contributed by atoms with van der Waals surface area (Å²) in [6.45, 7) is 0. The predicted octanol–water partition coefficient (Wildman–Crippen LogP) is 1.11. The van der Waals surface area contributed by atoms with Crippen molar-refractivity contribution in [2.24, 2.45) is 4.99 Å². The van der Waals surface area contributed by atoms with Crippen molar-refractivity contribution in [1.29, 1.82) is 0 Å². The summed E-state index contributed by atoms with van der Waals surface area (Å²) in [5, 5.41) is 16.6. The minimum Gasteiger partial charge on any atom is -0.479 e. The van der Waals surface area contributed by atoms with Crippen LogP contribution in [0, 0.1) is 0 Å². The molecule has 1 atom stereocenters. The number of rotatable bonds is 1. The van der Waals surface area contributed by atoms with Gasteiger partial charge in [-0.2, -0.15) is 0 Å². The number of halogens is 2. The summed E-state index contributed by atoms with van der Waals surface area (Å²) in [6, 6.07) is -1.44. The monoisotopic (exact) mass is 238 g/mol. The molecule has 0 aliphatic carbocycles. The molecule has 0 saturated carbocycles. The number of carboxylic acid groups (broad SMARTS) is 2. The number of amides is 1. The van der Waals surface area contributed by atoms with Crippen molar-refractivity contribution >= 4 is 41.5 Å². The molecule has 8 heteroatoms. The Kier molecular flexibility index (Phi) is 2.97. The third-order valence-electron chi connectivity index (χ3n) is 1.45. The molecule has 1 rings (SSSR count). The Morgan fingerprint density at radius 2 is 2.00 bits per heavy atom. The first kappa shape index (κ1) is 10.8. The highest BCUT2D eigenvalue weighted by Crippen LogP contribution is 2.25. The van der Waals surface area contributed by atoms with E-state index in [0.717, 1.165) is 6.21 Å². The lowest BCUT2D eigenvalue weighted by Crippen LogP contribution is -2.45. The predicted molar refractivity (Wildman–Crippen MR) is 48.5 cm³/mol. The largest absolute Gasteiger partial charge is 0.479 e. The first-order valence-electron chi connectivity index (χ1n) is 3.29. The molecule has 0 spiro atoms. The second kappa shape index (κ2) is 3.85. The van der Waals surface area contributed by atoms with Crippen LogP contribution < -0.4 is 0 Å². The van der Waals surface area contributed by atoms with Crippen molar-refractivity contribution in [3.05, 3.63) is 10.3 Å². The third-order valence-corrected chi connectivity index (χ3v) is 2.18. The fraction of sp³-hybridized carbons (Fsp3) is 0.167. The number of carboxylic acids is 1. The van der Waals surface area contributed by atoms with Crippen LogP contribution in [0.25, 0.3) is 0 Å². The van der Waals surface area contributed by atoms with Gasteiger partial charge in [-0.25, -0.2) is 19.5 Å². The highest BCUT2D eigenvalue weighted by Gasteiger charge is 2.34. The minimum absolute atomic E-state index is 0.258. The number of carbonyl (C=O) groups is 2. The van der Waals surface area contributed by atoms with E-state index in [0.29, 0.717) is 4.90 Å². The van der Waals surface area contributed by atoms with Gasteiger partial charge in [0, 0.05) is 6.21 Å². The van der Waals surface area contributed by atoms with E-state index < -0.39 is 23.3 Å². The molecule has 1 heterocycles. The molecular formula is C6H4Cl2N2O4. The van der Waals surface area contributed by atoms with E-state index >= 15 is 0 Å². The first-order valence-corrected chi connectivity index (χ1v) is 4.05. The highest BCUT2D eigenvalue weighted by molar-refractivity contribution is 6.40. The zero-order chi connectivity index (χ0) is 10.9. The Labute approximate surface area is 88.0 Å². The standard InChI is InChI=1S/C6H4Cl2N2O4/c7-3-4(8)10(6(13)14)2(1-9-3)5(11)12/h1-2H,(H,11,12)(H,13,14). The number of nitrogens with zero attached hydrogens (tertiary/aromatic N) is 2. The zero-order valence-corrected chi connectivity index (χ0v) is 8.03. The molecule has 0 saturated heterocycles. The summed E-state index contributed by atoms with van der Waals surface area (Å²) in [5.74, 6) is -1.38. The van der Waals surface area contributed by atoms with Crippen molar-refractivity contribution in [2.75, 3.05) is 0 Å². The second-order valence-corrected chi connectivity index (χ2v) is 3.01. The Bertz CT molecular complexity index is 352. The van der Waals surface area contributed by atoms with Crippen molar-refractivity contribution in [3.63, 3.8) is 0 Å². The van der Waals surface area contributed by atoms with E-state index in [2.05, 4.69) is 4.99 Å². The maximum absolute atomic E-state index is 10.6. The number of aliphatic carboxylic acids is 1. The smallest absolute Gasteiger partial charge is 0.413 e. The van der Waals surface area contributed by atoms with Gasteiger partial charge in [-0.1, -0.05) is 23.2 Å². The molecule has 1 aliphatic heterocycles. The molecule has 0 aromatic rings. The molecule has 14 heavy (non-hydrogen) atoms. The highest BCUT2D eigenvalue weighted by atomic mass is 35.5. The molecular weight excluding hydrogens is 235 g/mol. The molecule has 0 bridgehead atoms. The molecule has 0 radical (unpaired) electrons. The maximum atomic E-state index is 10.6. The zero-order valence-electron chi connectivity index (χ0n) is 6.52. The van der Waals surface area contributed by atoms with E-state index in [9.17, 15) is 9.59 Å². The van der Waals surface area contributed by atoms with E-state index in [4.69, 9.17) is 33.4 Å². The van der Waals surface area contributed by atoms with Crippen LogP contribution in [-0.2, 0) is 4.79 Å². The van der Waals surface area contributed by atoms with E-state index in [1.165, 1.54) is 0 Å². The molecule has 1 unspecified atom stereocenters. The summed E-state index contributed by atoms with van der Waals surface area (Å²) in [6.07, 6.45) is -0.614. The van der Waals surface area contributed by atoms with Crippen LogP contribution in [0.3, 0.4) is 0 Å². The van der Waals surface area contributed by atoms with Gasteiger partial charge in [-0.15, -0.1) is 0 Å². The van der Waals surface area contributed by atoms with Crippen LogP contribution in [0.2, 0.25) is 0 Å². The van der Waals surface area contributed by atoms with Crippen LogP contribution >= 0.6 is 23.2 Å². The van der Waals surface area contributed by atoms with Crippen molar-refractivity contribution in [1.82, 2.24) is 4.90 Å². The molecule has 0 fully saturated rings. The topological polar surface area (TPSA) is 90.2 Å². The maximum Gasteiger partial charge on any atom is 0.413 e. The van der Waals surface area contributed by atoms with Gasteiger partial charge in [0.25, 0.3) is 0 Å².